The summed E-state index contributed by atoms with van der Waals surface area (Å²) in [5, 5.41) is 16.8. The average Bonchev–Trinajstić information content (AvgIpc) is 3.39. The van der Waals surface area contributed by atoms with Crippen LogP contribution < -0.4 is 10.6 Å². The number of amides is 1. The minimum absolute atomic E-state index is 0.0979. The lowest BCUT2D eigenvalue weighted by molar-refractivity contribution is -0.114. The van der Waals surface area contributed by atoms with Crippen molar-refractivity contribution in [1.29, 1.82) is 5.26 Å². The van der Waals surface area contributed by atoms with Gasteiger partial charge in [-0.15, -0.1) is 0 Å². The highest BCUT2D eigenvalue weighted by Crippen LogP contribution is 2.25. The van der Waals surface area contributed by atoms with E-state index in [1.165, 1.54) is 42.5 Å². The fraction of sp³-hybridized carbons (Fsp3) is 0. The number of nitriles is 1. The molecule has 196 valence electrons. The molecule has 1 aliphatic rings. The van der Waals surface area contributed by atoms with Crippen LogP contribution in [0.2, 0.25) is 0 Å². The number of allylic oxidation sites excluding steroid dienone is 2. The molecule has 14 nitrogen and oxygen atoms in total. The van der Waals surface area contributed by atoms with Gasteiger partial charge in [-0.1, -0.05) is 18.7 Å². The minimum atomic E-state index is -4.45. The van der Waals surface area contributed by atoms with E-state index in [1.807, 2.05) is 0 Å². The molecule has 0 fully saturated rings. The SMILES string of the molecule is [C-]#[N+]c1[nH]n(-c2ccc(S(=O)(=O)O)cc2)c(=O)c1C=CC=C1C(=O)N(c2ccc(S(=O)(=O)O)cc2)N=C1C#N. The molecule has 0 saturated carbocycles. The number of carbonyl (C=O) groups excluding carboxylic acids is 1. The second kappa shape index (κ2) is 9.97. The Hall–Kier alpha value is -5.13. The van der Waals surface area contributed by atoms with Gasteiger partial charge in [0.15, 0.2) is 5.71 Å². The van der Waals surface area contributed by atoms with Crippen molar-refractivity contribution < 1.29 is 30.7 Å². The van der Waals surface area contributed by atoms with Crippen molar-refractivity contribution in [1.82, 2.24) is 9.78 Å². The number of nitrogens with one attached hydrogen (secondary N) is 1. The van der Waals surface area contributed by atoms with Crippen molar-refractivity contribution in [2.24, 2.45) is 5.10 Å². The standard InChI is InChI=1S/C23H14N6O8S2/c1-25-21-19(23(31)29(27-21)15-7-11-17(12-8-15)39(35,36)37)4-2-3-18-20(13-24)26-28(22(18)30)14-5-9-16(10-6-14)38(32,33)34/h2-12,27H,(H,32,33,34)(H,35,36,37). The van der Waals surface area contributed by atoms with Gasteiger partial charge in [0.2, 0.25) is 0 Å². The van der Waals surface area contributed by atoms with Crippen LogP contribution in [0.25, 0.3) is 16.6 Å². The maximum atomic E-state index is 12.9. The van der Waals surface area contributed by atoms with Gasteiger partial charge in [0.25, 0.3) is 37.5 Å². The quantitative estimate of drug-likeness (QED) is 0.226. The lowest BCUT2D eigenvalue weighted by Gasteiger charge is -2.11. The summed E-state index contributed by atoms with van der Waals surface area (Å²) in [6, 6.07) is 10.9. The number of anilines is 1. The van der Waals surface area contributed by atoms with Gasteiger partial charge in [-0.3, -0.25) is 18.7 Å². The first-order chi connectivity index (χ1) is 18.3. The first-order valence-corrected chi connectivity index (χ1v) is 13.3. The van der Waals surface area contributed by atoms with Crippen LogP contribution in [-0.4, -0.2) is 47.3 Å². The fourth-order valence-corrected chi connectivity index (χ4v) is 4.41. The Morgan fingerprint density at radius 3 is 1.97 bits per heavy atom. The van der Waals surface area contributed by atoms with Crippen LogP contribution in [0.4, 0.5) is 11.5 Å². The molecule has 0 saturated heterocycles. The van der Waals surface area contributed by atoms with E-state index in [-0.39, 0.29) is 38.9 Å². The third-order valence-electron chi connectivity index (χ3n) is 5.30. The molecule has 1 aliphatic heterocycles. The van der Waals surface area contributed by atoms with Gasteiger partial charge in [-0.2, -0.15) is 36.9 Å². The summed E-state index contributed by atoms with van der Waals surface area (Å²) < 4.78 is 64.1. The summed E-state index contributed by atoms with van der Waals surface area (Å²) in [6.45, 7) is 7.35. The maximum Gasteiger partial charge on any atom is 0.294 e. The summed E-state index contributed by atoms with van der Waals surface area (Å²) >= 11 is 0. The summed E-state index contributed by atoms with van der Waals surface area (Å²) in [5.41, 5.74) is -0.887. The van der Waals surface area contributed by atoms with Crippen molar-refractivity contribution in [3.8, 4) is 11.8 Å². The number of hydrogen-bond acceptors (Lipinski definition) is 8. The molecule has 39 heavy (non-hydrogen) atoms. The summed E-state index contributed by atoms with van der Waals surface area (Å²) in [5.74, 6) is -0.896. The fourth-order valence-electron chi connectivity index (χ4n) is 3.45. The maximum absolute atomic E-state index is 12.9. The topological polar surface area (TPSA) is 207 Å². The number of aromatic nitrogens is 2. The highest BCUT2D eigenvalue weighted by atomic mass is 32.2. The Bertz CT molecular complexity index is 1950. The Kier molecular flexibility index (Phi) is 6.88. The Morgan fingerprint density at radius 2 is 1.49 bits per heavy atom. The number of hydrogen-bond donors (Lipinski definition) is 3. The molecule has 0 atom stereocenters. The second-order valence-electron chi connectivity index (χ2n) is 7.68. The smallest absolute Gasteiger partial charge is 0.294 e. The van der Waals surface area contributed by atoms with Crippen molar-refractivity contribution in [2.45, 2.75) is 9.79 Å². The van der Waals surface area contributed by atoms with Gasteiger partial charge >= 0.3 is 0 Å². The van der Waals surface area contributed by atoms with E-state index in [2.05, 4.69) is 15.0 Å². The highest BCUT2D eigenvalue weighted by molar-refractivity contribution is 7.86. The normalized spacial score (nSPS) is 15.0. The number of carbonyl (C=O) groups is 1. The van der Waals surface area contributed by atoms with Gasteiger partial charge in [-0.05, 0) is 54.6 Å². The van der Waals surface area contributed by atoms with Crippen LogP contribution >= 0.6 is 0 Å². The molecule has 0 aliphatic carbocycles. The molecule has 1 aromatic heterocycles. The molecule has 3 aromatic rings. The largest absolute Gasteiger partial charge is 0.362 e. The molecular weight excluding hydrogens is 552 g/mol. The molecule has 2 heterocycles. The lowest BCUT2D eigenvalue weighted by Crippen LogP contribution is -2.21. The Labute approximate surface area is 220 Å². The van der Waals surface area contributed by atoms with Crippen LogP contribution in [0.3, 0.4) is 0 Å². The van der Waals surface area contributed by atoms with E-state index in [0.717, 1.165) is 34.0 Å². The Morgan fingerprint density at radius 1 is 0.949 bits per heavy atom. The first kappa shape index (κ1) is 26.9. The van der Waals surface area contributed by atoms with Crippen molar-refractivity contribution in [2.75, 3.05) is 5.01 Å². The van der Waals surface area contributed by atoms with Gasteiger partial charge in [0.05, 0.1) is 32.3 Å². The van der Waals surface area contributed by atoms with E-state index in [9.17, 15) is 31.7 Å². The van der Waals surface area contributed by atoms with Gasteiger partial charge in [0.1, 0.15) is 6.07 Å². The number of aromatic amines is 1. The zero-order chi connectivity index (χ0) is 28.5. The number of nitrogens with zero attached hydrogens (tertiary/aromatic N) is 5. The van der Waals surface area contributed by atoms with Crippen LogP contribution in [0.1, 0.15) is 5.56 Å². The lowest BCUT2D eigenvalue weighted by atomic mass is 10.1. The molecule has 3 N–H and O–H groups in total. The monoisotopic (exact) mass is 566 g/mol. The van der Waals surface area contributed by atoms with Gasteiger partial charge < -0.3 is 4.85 Å². The van der Waals surface area contributed by atoms with E-state index in [4.69, 9.17) is 15.7 Å². The highest BCUT2D eigenvalue weighted by Gasteiger charge is 2.31. The zero-order valence-electron chi connectivity index (χ0n) is 19.2. The number of hydrazone groups is 1. The molecule has 0 spiro atoms. The molecule has 0 bridgehead atoms. The van der Waals surface area contributed by atoms with Crippen molar-refractivity contribution in [3.05, 3.63) is 93.6 Å². The molecule has 16 heteroatoms. The van der Waals surface area contributed by atoms with Crippen LogP contribution in [-0.2, 0) is 25.0 Å². The first-order valence-electron chi connectivity index (χ1n) is 10.4. The van der Waals surface area contributed by atoms with Crippen LogP contribution in [0.15, 0.2) is 85.9 Å². The second-order valence-corrected chi connectivity index (χ2v) is 10.5. The number of benzene rings is 2. The molecule has 0 radical (unpaired) electrons. The predicted octanol–water partition coefficient (Wildman–Crippen LogP) is 2.08. The minimum Gasteiger partial charge on any atom is -0.362 e. The van der Waals surface area contributed by atoms with Crippen molar-refractivity contribution in [3.63, 3.8) is 0 Å². The number of rotatable bonds is 6. The summed E-state index contributed by atoms with van der Waals surface area (Å²) in [6.07, 6.45) is 3.70. The molecule has 1 amide bonds. The Balaban J connectivity index is 1.64. The van der Waals surface area contributed by atoms with E-state index in [0.29, 0.717) is 0 Å². The van der Waals surface area contributed by atoms with E-state index < -0.39 is 36.6 Å². The third-order valence-corrected chi connectivity index (χ3v) is 7.04. The molecule has 4 rings (SSSR count). The van der Waals surface area contributed by atoms with Crippen LogP contribution in [0.5, 0.6) is 0 Å². The van der Waals surface area contributed by atoms with Crippen LogP contribution in [0, 0.1) is 17.9 Å². The summed E-state index contributed by atoms with van der Waals surface area (Å²) in [7, 11) is -8.89. The van der Waals surface area contributed by atoms with Gasteiger partial charge in [0, 0.05) is 0 Å². The predicted molar refractivity (Wildman–Crippen MR) is 136 cm³/mol. The summed E-state index contributed by atoms with van der Waals surface area (Å²) in [4.78, 5) is 28.3. The average molecular weight is 567 g/mol. The number of H-pyrrole nitrogens is 1. The van der Waals surface area contributed by atoms with E-state index in [1.54, 1.807) is 6.07 Å². The van der Waals surface area contributed by atoms with Crippen molar-refractivity contribution >= 4 is 49.4 Å². The molecule has 2 aromatic carbocycles. The molecule has 0 unspecified atom stereocenters. The molecular formula is C23H14N6O8S2. The van der Waals surface area contributed by atoms with Gasteiger partial charge in [-0.25, -0.2) is 5.10 Å². The third kappa shape index (κ3) is 5.30. The van der Waals surface area contributed by atoms with E-state index >= 15 is 0 Å². The zero-order valence-corrected chi connectivity index (χ0v) is 20.9.